The lowest BCUT2D eigenvalue weighted by molar-refractivity contribution is -0.146. The van der Waals surface area contributed by atoms with Crippen molar-refractivity contribution in [2.75, 3.05) is 20.8 Å². The van der Waals surface area contributed by atoms with Crippen LogP contribution >= 0.6 is 0 Å². The Hall–Kier alpha value is -2.50. The van der Waals surface area contributed by atoms with Crippen LogP contribution in [0.25, 0.3) is 5.76 Å². The van der Waals surface area contributed by atoms with E-state index in [-0.39, 0.29) is 17.9 Å². The quantitative estimate of drug-likeness (QED) is 0.381. The summed E-state index contributed by atoms with van der Waals surface area (Å²) in [5.41, 5.74) is 0.288. The SMILES string of the molecule is COc1ccc(/C(O)=C2\COC(=O)C2=O)cc1OC. The van der Waals surface area contributed by atoms with E-state index in [0.29, 0.717) is 17.1 Å². The van der Waals surface area contributed by atoms with Gasteiger partial charge in [0.15, 0.2) is 11.5 Å². The first kappa shape index (κ1) is 12.9. The predicted octanol–water partition coefficient (Wildman–Crippen LogP) is 1.10. The molecular formula is C13H12O6. The molecule has 1 saturated heterocycles. The Morgan fingerprint density at radius 1 is 1.21 bits per heavy atom. The smallest absolute Gasteiger partial charge is 0.379 e. The lowest BCUT2D eigenvalue weighted by Gasteiger charge is -2.09. The van der Waals surface area contributed by atoms with Crippen molar-refractivity contribution in [3.8, 4) is 11.5 Å². The van der Waals surface area contributed by atoms with Crippen molar-refractivity contribution in [1.82, 2.24) is 0 Å². The minimum atomic E-state index is -0.956. The third-order valence-electron chi connectivity index (χ3n) is 2.75. The van der Waals surface area contributed by atoms with Gasteiger partial charge in [-0.25, -0.2) is 4.79 Å². The van der Waals surface area contributed by atoms with Crippen LogP contribution in [0, 0.1) is 0 Å². The molecule has 1 aliphatic rings. The molecule has 1 aromatic carbocycles. The molecule has 0 saturated carbocycles. The summed E-state index contributed by atoms with van der Waals surface area (Å²) in [5, 5.41) is 10.0. The van der Waals surface area contributed by atoms with Gasteiger partial charge in [0.05, 0.1) is 19.8 Å². The maximum Gasteiger partial charge on any atom is 0.379 e. The summed E-state index contributed by atoms with van der Waals surface area (Å²) in [6.07, 6.45) is 0. The molecular weight excluding hydrogens is 252 g/mol. The van der Waals surface area contributed by atoms with Gasteiger partial charge in [-0.2, -0.15) is 0 Å². The number of hydrogen-bond acceptors (Lipinski definition) is 6. The molecule has 0 bridgehead atoms. The maximum atomic E-state index is 11.4. The molecule has 2 rings (SSSR count). The van der Waals surface area contributed by atoms with Crippen molar-refractivity contribution < 1.29 is 28.9 Å². The third-order valence-corrected chi connectivity index (χ3v) is 2.75. The van der Waals surface area contributed by atoms with Crippen LogP contribution in [-0.2, 0) is 14.3 Å². The summed E-state index contributed by atoms with van der Waals surface area (Å²) in [6.45, 7) is -0.224. The minimum absolute atomic E-state index is 0.0581. The van der Waals surface area contributed by atoms with Gasteiger partial charge in [0.2, 0.25) is 0 Å². The van der Waals surface area contributed by atoms with Crippen LogP contribution in [0.5, 0.6) is 11.5 Å². The number of Topliss-reactive ketones (excluding diaryl/α,β-unsaturated/α-hetero) is 1. The topological polar surface area (TPSA) is 82.1 Å². The first-order chi connectivity index (χ1) is 9.08. The van der Waals surface area contributed by atoms with Gasteiger partial charge in [0.25, 0.3) is 5.78 Å². The molecule has 1 fully saturated rings. The number of carbonyl (C=O) groups is 2. The Morgan fingerprint density at radius 3 is 2.42 bits per heavy atom. The number of rotatable bonds is 3. The lowest BCUT2D eigenvalue weighted by atomic mass is 10.1. The van der Waals surface area contributed by atoms with Crippen LogP contribution in [0.4, 0.5) is 0 Å². The highest BCUT2D eigenvalue weighted by Crippen LogP contribution is 2.31. The molecule has 0 radical (unpaired) electrons. The zero-order valence-electron chi connectivity index (χ0n) is 10.4. The van der Waals surface area contributed by atoms with Crippen LogP contribution in [0.3, 0.4) is 0 Å². The van der Waals surface area contributed by atoms with E-state index in [1.54, 1.807) is 12.1 Å². The fraction of sp³-hybridized carbons (Fsp3) is 0.231. The standard InChI is InChI=1S/C13H12O6/c1-17-9-4-3-7(5-10(9)18-2)11(14)8-6-19-13(16)12(8)15/h3-5,14H,6H2,1-2H3/b11-8-. The molecule has 0 aliphatic carbocycles. The van der Waals surface area contributed by atoms with Gasteiger partial charge in [-0.05, 0) is 18.2 Å². The van der Waals surface area contributed by atoms with Crippen molar-refractivity contribution in [2.24, 2.45) is 0 Å². The number of carbonyl (C=O) groups excluding carboxylic acids is 2. The number of cyclic esters (lactones) is 1. The molecule has 0 unspecified atom stereocenters. The molecule has 0 aromatic heterocycles. The Kier molecular flexibility index (Phi) is 3.41. The summed E-state index contributed by atoms with van der Waals surface area (Å²) >= 11 is 0. The Bertz CT molecular complexity index is 572. The fourth-order valence-corrected chi connectivity index (χ4v) is 1.73. The van der Waals surface area contributed by atoms with E-state index in [9.17, 15) is 14.7 Å². The van der Waals surface area contributed by atoms with Crippen molar-refractivity contribution in [2.45, 2.75) is 0 Å². The van der Waals surface area contributed by atoms with Gasteiger partial charge in [0.1, 0.15) is 12.4 Å². The molecule has 0 atom stereocenters. The van der Waals surface area contributed by atoms with Crippen molar-refractivity contribution in [3.05, 3.63) is 29.3 Å². The molecule has 1 N–H and O–H groups in total. The largest absolute Gasteiger partial charge is 0.507 e. The van der Waals surface area contributed by atoms with Crippen LogP contribution in [0.2, 0.25) is 0 Å². The first-order valence-electron chi connectivity index (χ1n) is 5.44. The molecule has 0 amide bonds. The fourth-order valence-electron chi connectivity index (χ4n) is 1.73. The number of benzene rings is 1. The average molecular weight is 264 g/mol. The number of esters is 1. The zero-order valence-corrected chi connectivity index (χ0v) is 10.4. The molecule has 1 heterocycles. The lowest BCUT2D eigenvalue weighted by Crippen LogP contribution is -2.08. The number of methoxy groups -OCH3 is 2. The summed E-state index contributed by atoms with van der Waals surface area (Å²) < 4.78 is 14.7. The highest BCUT2D eigenvalue weighted by atomic mass is 16.5. The van der Waals surface area contributed by atoms with Gasteiger partial charge in [0, 0.05) is 5.56 Å². The predicted molar refractivity (Wildman–Crippen MR) is 65.1 cm³/mol. The second kappa shape index (κ2) is 5.01. The maximum absolute atomic E-state index is 11.4. The molecule has 1 aliphatic heterocycles. The molecule has 0 spiro atoms. The van der Waals surface area contributed by atoms with E-state index >= 15 is 0 Å². The summed E-state index contributed by atoms with van der Waals surface area (Å²) in [7, 11) is 2.95. The van der Waals surface area contributed by atoms with Crippen LogP contribution < -0.4 is 9.47 Å². The number of aliphatic hydroxyl groups is 1. The second-order valence-corrected chi connectivity index (χ2v) is 3.80. The first-order valence-corrected chi connectivity index (χ1v) is 5.44. The van der Waals surface area contributed by atoms with Crippen molar-refractivity contribution in [3.63, 3.8) is 0 Å². The number of aliphatic hydroxyl groups excluding tert-OH is 1. The monoisotopic (exact) mass is 264 g/mol. The number of hydrogen-bond donors (Lipinski definition) is 1. The van der Waals surface area contributed by atoms with Gasteiger partial charge >= 0.3 is 5.97 Å². The minimum Gasteiger partial charge on any atom is -0.507 e. The molecule has 6 heteroatoms. The van der Waals surface area contributed by atoms with E-state index in [1.165, 1.54) is 20.3 Å². The summed E-state index contributed by atoms with van der Waals surface area (Å²) in [4.78, 5) is 22.4. The van der Waals surface area contributed by atoms with E-state index in [0.717, 1.165) is 0 Å². The molecule has 19 heavy (non-hydrogen) atoms. The van der Waals surface area contributed by atoms with Crippen LogP contribution in [-0.4, -0.2) is 37.7 Å². The molecule has 6 nitrogen and oxygen atoms in total. The van der Waals surface area contributed by atoms with Gasteiger partial charge in [-0.15, -0.1) is 0 Å². The zero-order chi connectivity index (χ0) is 14.0. The summed E-state index contributed by atoms with van der Waals surface area (Å²) in [6, 6.07) is 4.66. The van der Waals surface area contributed by atoms with E-state index in [2.05, 4.69) is 4.74 Å². The van der Waals surface area contributed by atoms with Crippen molar-refractivity contribution >= 4 is 17.5 Å². The van der Waals surface area contributed by atoms with Crippen LogP contribution in [0.15, 0.2) is 23.8 Å². The number of ketones is 1. The summed E-state index contributed by atoms with van der Waals surface area (Å²) in [5.74, 6) is -1.18. The van der Waals surface area contributed by atoms with Crippen molar-refractivity contribution in [1.29, 1.82) is 0 Å². The third kappa shape index (κ3) is 2.24. The highest BCUT2D eigenvalue weighted by Gasteiger charge is 2.32. The molecule has 100 valence electrons. The van der Waals surface area contributed by atoms with E-state index < -0.39 is 11.8 Å². The average Bonchev–Trinajstić information content (AvgIpc) is 2.77. The van der Waals surface area contributed by atoms with E-state index in [1.807, 2.05) is 0 Å². The van der Waals surface area contributed by atoms with Gasteiger partial charge in [-0.1, -0.05) is 0 Å². The van der Waals surface area contributed by atoms with E-state index in [4.69, 9.17) is 9.47 Å². The Labute approximate surface area is 109 Å². The Morgan fingerprint density at radius 2 is 1.89 bits per heavy atom. The second-order valence-electron chi connectivity index (χ2n) is 3.80. The number of ether oxygens (including phenoxy) is 3. The highest BCUT2D eigenvalue weighted by molar-refractivity contribution is 6.43. The normalized spacial score (nSPS) is 17.2. The van der Waals surface area contributed by atoms with Gasteiger partial charge < -0.3 is 19.3 Å². The molecule has 1 aromatic rings. The Balaban J connectivity index is 2.45. The van der Waals surface area contributed by atoms with Gasteiger partial charge in [-0.3, -0.25) is 4.79 Å². The van der Waals surface area contributed by atoms with Crippen LogP contribution in [0.1, 0.15) is 5.56 Å².